The van der Waals surface area contributed by atoms with Crippen LogP contribution in [0.4, 0.5) is 0 Å². The number of nitrogens with zero attached hydrogens (tertiary/aromatic N) is 3. The second kappa shape index (κ2) is 6.63. The van der Waals surface area contributed by atoms with Gasteiger partial charge in [0.2, 0.25) is 0 Å². The van der Waals surface area contributed by atoms with Crippen molar-refractivity contribution in [2.24, 2.45) is 13.0 Å². The first-order valence-electron chi connectivity index (χ1n) is 6.16. The van der Waals surface area contributed by atoms with E-state index in [9.17, 15) is 0 Å². The second-order valence-electron chi connectivity index (χ2n) is 4.88. The maximum atomic E-state index is 4.20. The Bertz CT molecular complexity index is 293. The Morgan fingerprint density at radius 2 is 2.06 bits per heavy atom. The molecule has 0 aliphatic carbocycles. The van der Waals surface area contributed by atoms with Gasteiger partial charge >= 0.3 is 0 Å². The molecule has 0 saturated heterocycles. The maximum Gasteiger partial charge on any atom is 0.138 e. The summed E-state index contributed by atoms with van der Waals surface area (Å²) in [5.41, 5.74) is 0. The Morgan fingerprint density at radius 3 is 2.62 bits per heavy atom. The quantitative estimate of drug-likeness (QED) is 0.767. The Morgan fingerprint density at radius 1 is 1.31 bits per heavy atom. The van der Waals surface area contributed by atoms with Gasteiger partial charge in [-0.2, -0.15) is 5.10 Å². The lowest BCUT2D eigenvalue weighted by Gasteiger charge is -2.14. The van der Waals surface area contributed by atoms with Gasteiger partial charge in [-0.3, -0.25) is 4.68 Å². The highest BCUT2D eigenvalue weighted by Crippen LogP contribution is 2.06. The summed E-state index contributed by atoms with van der Waals surface area (Å²) in [7, 11) is 1.94. The molecule has 1 aromatic heterocycles. The van der Waals surface area contributed by atoms with Gasteiger partial charge in [0.15, 0.2) is 0 Å². The van der Waals surface area contributed by atoms with Crippen LogP contribution in [0.1, 0.15) is 39.4 Å². The molecule has 0 saturated carbocycles. The molecule has 1 N–H and O–H groups in total. The van der Waals surface area contributed by atoms with Crippen LogP contribution in [0.5, 0.6) is 0 Å². The maximum absolute atomic E-state index is 4.20. The van der Waals surface area contributed by atoms with Crippen LogP contribution < -0.4 is 5.32 Å². The monoisotopic (exact) mass is 224 g/mol. The van der Waals surface area contributed by atoms with Crippen LogP contribution in [0.2, 0.25) is 0 Å². The molecule has 1 aromatic rings. The van der Waals surface area contributed by atoms with Gasteiger partial charge in [-0.25, -0.2) is 4.98 Å². The van der Waals surface area contributed by atoms with E-state index in [0.717, 1.165) is 24.7 Å². The summed E-state index contributed by atoms with van der Waals surface area (Å²) in [5, 5.41) is 7.57. The van der Waals surface area contributed by atoms with Gasteiger partial charge in [0.05, 0.1) is 0 Å². The lowest BCUT2D eigenvalue weighted by molar-refractivity contribution is 0.450. The van der Waals surface area contributed by atoms with E-state index in [4.69, 9.17) is 0 Å². The summed E-state index contributed by atoms with van der Waals surface area (Å²) in [4.78, 5) is 4.20. The van der Waals surface area contributed by atoms with Crippen LogP contribution in [0.25, 0.3) is 0 Å². The lowest BCUT2D eigenvalue weighted by Crippen LogP contribution is -2.28. The van der Waals surface area contributed by atoms with Gasteiger partial charge in [-0.1, -0.05) is 13.8 Å². The molecule has 16 heavy (non-hydrogen) atoms. The van der Waals surface area contributed by atoms with Gasteiger partial charge in [0.25, 0.3) is 0 Å². The first-order chi connectivity index (χ1) is 7.59. The molecule has 4 heteroatoms. The molecule has 0 aromatic carbocycles. The molecule has 0 spiro atoms. The topological polar surface area (TPSA) is 42.7 Å². The molecule has 0 radical (unpaired) electrons. The molecule has 1 heterocycles. The molecule has 1 atom stereocenters. The first kappa shape index (κ1) is 13.2. The molecular formula is C12H24N4. The first-order valence-corrected chi connectivity index (χ1v) is 6.16. The summed E-state index contributed by atoms with van der Waals surface area (Å²) in [6, 6.07) is 0.593. The van der Waals surface area contributed by atoms with Crippen molar-refractivity contribution in [1.82, 2.24) is 20.1 Å². The number of aryl methyl sites for hydroxylation is 1. The average Bonchev–Trinajstić information content (AvgIpc) is 2.61. The summed E-state index contributed by atoms with van der Waals surface area (Å²) in [5.74, 6) is 1.84. The fourth-order valence-corrected chi connectivity index (χ4v) is 1.66. The largest absolute Gasteiger partial charge is 0.314 e. The molecular weight excluding hydrogens is 200 g/mol. The van der Waals surface area contributed by atoms with Crippen molar-refractivity contribution in [2.75, 3.05) is 6.54 Å². The van der Waals surface area contributed by atoms with E-state index in [-0.39, 0.29) is 0 Å². The highest BCUT2D eigenvalue weighted by molar-refractivity contribution is 4.84. The van der Waals surface area contributed by atoms with E-state index in [1.54, 1.807) is 6.33 Å². The van der Waals surface area contributed by atoms with E-state index in [0.29, 0.717) is 6.04 Å². The van der Waals surface area contributed by atoms with Crippen LogP contribution >= 0.6 is 0 Å². The zero-order valence-electron chi connectivity index (χ0n) is 10.9. The van der Waals surface area contributed by atoms with Crippen molar-refractivity contribution in [3.63, 3.8) is 0 Å². The fraction of sp³-hybridized carbons (Fsp3) is 0.833. The van der Waals surface area contributed by atoms with E-state index in [1.807, 2.05) is 11.7 Å². The van der Waals surface area contributed by atoms with Crippen molar-refractivity contribution >= 4 is 0 Å². The molecule has 0 aliphatic heterocycles. The summed E-state index contributed by atoms with van der Waals surface area (Å²) >= 11 is 0. The van der Waals surface area contributed by atoms with Gasteiger partial charge in [0.1, 0.15) is 12.2 Å². The minimum absolute atomic E-state index is 0.593. The number of hydrogen-bond donors (Lipinski definition) is 1. The van der Waals surface area contributed by atoms with Crippen molar-refractivity contribution in [3.05, 3.63) is 12.2 Å². The standard InChI is InChI=1S/C12H24N4/c1-10(2)5-6-11(3)13-8-7-12-14-9-15-16(12)4/h9-11,13H,5-8H2,1-4H3. The molecule has 1 unspecified atom stereocenters. The van der Waals surface area contributed by atoms with Crippen LogP contribution in [-0.2, 0) is 13.5 Å². The van der Waals surface area contributed by atoms with Crippen LogP contribution in [0.15, 0.2) is 6.33 Å². The van der Waals surface area contributed by atoms with Gasteiger partial charge in [-0.05, 0) is 25.7 Å². The van der Waals surface area contributed by atoms with Crippen molar-refractivity contribution in [3.8, 4) is 0 Å². The molecule has 0 fully saturated rings. The highest BCUT2D eigenvalue weighted by Gasteiger charge is 2.04. The fourth-order valence-electron chi connectivity index (χ4n) is 1.66. The molecule has 4 nitrogen and oxygen atoms in total. The Kier molecular flexibility index (Phi) is 5.46. The predicted octanol–water partition coefficient (Wildman–Crippen LogP) is 1.77. The zero-order chi connectivity index (χ0) is 12.0. The van der Waals surface area contributed by atoms with E-state index in [2.05, 4.69) is 36.2 Å². The second-order valence-corrected chi connectivity index (χ2v) is 4.88. The summed E-state index contributed by atoms with van der Waals surface area (Å²) in [6.07, 6.45) is 5.09. The van der Waals surface area contributed by atoms with Crippen LogP contribution in [0.3, 0.4) is 0 Å². The third-order valence-electron chi connectivity index (χ3n) is 2.82. The molecule has 0 amide bonds. The zero-order valence-corrected chi connectivity index (χ0v) is 10.9. The minimum atomic E-state index is 0.593. The van der Waals surface area contributed by atoms with Crippen molar-refractivity contribution in [1.29, 1.82) is 0 Å². The van der Waals surface area contributed by atoms with Gasteiger partial charge < -0.3 is 5.32 Å². The van der Waals surface area contributed by atoms with E-state index < -0.39 is 0 Å². The van der Waals surface area contributed by atoms with E-state index >= 15 is 0 Å². The third kappa shape index (κ3) is 4.75. The van der Waals surface area contributed by atoms with Crippen LogP contribution in [-0.4, -0.2) is 27.4 Å². The summed E-state index contributed by atoms with van der Waals surface area (Å²) < 4.78 is 1.83. The molecule has 1 rings (SSSR count). The third-order valence-corrected chi connectivity index (χ3v) is 2.82. The molecule has 92 valence electrons. The van der Waals surface area contributed by atoms with Crippen molar-refractivity contribution in [2.45, 2.75) is 46.1 Å². The highest BCUT2D eigenvalue weighted by atomic mass is 15.3. The summed E-state index contributed by atoms with van der Waals surface area (Å²) in [6.45, 7) is 7.77. The van der Waals surface area contributed by atoms with Gasteiger partial charge in [-0.15, -0.1) is 0 Å². The number of rotatable bonds is 7. The minimum Gasteiger partial charge on any atom is -0.314 e. The Labute approximate surface area is 98.5 Å². The Hall–Kier alpha value is -0.900. The normalized spacial score (nSPS) is 13.3. The smallest absolute Gasteiger partial charge is 0.138 e. The number of nitrogens with one attached hydrogen (secondary N) is 1. The molecule has 0 aliphatic rings. The SMILES string of the molecule is CC(C)CCC(C)NCCc1ncnn1C. The number of hydrogen-bond acceptors (Lipinski definition) is 3. The lowest BCUT2D eigenvalue weighted by atomic mass is 10.0. The molecule has 0 bridgehead atoms. The van der Waals surface area contributed by atoms with Crippen LogP contribution in [0, 0.1) is 5.92 Å². The Balaban J connectivity index is 2.13. The average molecular weight is 224 g/mol. The number of aromatic nitrogens is 3. The van der Waals surface area contributed by atoms with Crippen molar-refractivity contribution < 1.29 is 0 Å². The van der Waals surface area contributed by atoms with E-state index in [1.165, 1.54) is 12.8 Å². The predicted molar refractivity (Wildman–Crippen MR) is 66.2 cm³/mol. The van der Waals surface area contributed by atoms with Gasteiger partial charge in [0, 0.05) is 26.1 Å².